The summed E-state index contributed by atoms with van der Waals surface area (Å²) in [4.78, 5) is 0.756. The molecule has 0 fully saturated rings. The summed E-state index contributed by atoms with van der Waals surface area (Å²) in [6.45, 7) is 0. The van der Waals surface area contributed by atoms with Crippen LogP contribution < -0.4 is 0 Å². The van der Waals surface area contributed by atoms with Crippen LogP contribution in [0.25, 0.3) is 10.1 Å². The second kappa shape index (κ2) is 3.48. The summed E-state index contributed by atoms with van der Waals surface area (Å²) in [5.74, 6) is 0. The number of thiophene rings is 1. The maximum Gasteiger partial charge on any atom is 0.101 e. The molecule has 2 aromatic rings. The Balaban J connectivity index is 2.99. The summed E-state index contributed by atoms with van der Waals surface area (Å²) in [6.07, 6.45) is 0. The fourth-order valence-electron chi connectivity index (χ4n) is 1.20. The molecule has 13 heavy (non-hydrogen) atoms. The second-order valence-electron chi connectivity index (χ2n) is 2.53. The summed E-state index contributed by atoms with van der Waals surface area (Å²) in [5, 5.41) is 12.1. The first-order valence-corrected chi connectivity index (χ1v) is 5.93. The SMILES string of the molecule is N#Cc1c(S)ccc2scc(I)c12. The fraction of sp³-hybridized carbons (Fsp3) is 0. The van der Waals surface area contributed by atoms with E-state index >= 15 is 0 Å². The molecule has 64 valence electrons. The standard InChI is InChI=1S/C9H4INS2/c10-6-4-13-8-2-1-7(12)5(3-11)9(6)8/h1-2,4,12H. The number of nitrogens with zero attached hydrogens (tertiary/aromatic N) is 1. The summed E-state index contributed by atoms with van der Waals surface area (Å²) in [7, 11) is 0. The van der Waals surface area contributed by atoms with Gasteiger partial charge in [-0.25, -0.2) is 0 Å². The zero-order valence-electron chi connectivity index (χ0n) is 6.41. The van der Waals surface area contributed by atoms with E-state index in [2.05, 4.69) is 46.7 Å². The number of hydrogen-bond donors (Lipinski definition) is 1. The van der Waals surface area contributed by atoms with Crippen LogP contribution in [0.5, 0.6) is 0 Å². The number of halogens is 1. The summed E-state index contributed by atoms with van der Waals surface area (Å²) < 4.78 is 2.28. The third-order valence-electron chi connectivity index (χ3n) is 1.79. The van der Waals surface area contributed by atoms with Gasteiger partial charge in [0.2, 0.25) is 0 Å². The van der Waals surface area contributed by atoms with Crippen LogP contribution in [-0.2, 0) is 0 Å². The largest absolute Gasteiger partial charge is 0.192 e. The van der Waals surface area contributed by atoms with Gasteiger partial charge in [0.1, 0.15) is 6.07 Å². The van der Waals surface area contributed by atoms with Crippen molar-refractivity contribution < 1.29 is 0 Å². The number of thiol groups is 1. The van der Waals surface area contributed by atoms with Gasteiger partial charge in [-0.2, -0.15) is 5.26 Å². The summed E-state index contributed by atoms with van der Waals surface area (Å²) in [6, 6.07) is 6.07. The van der Waals surface area contributed by atoms with E-state index in [0.717, 1.165) is 18.6 Å². The molecule has 4 heteroatoms. The Morgan fingerprint density at radius 3 is 2.92 bits per heavy atom. The van der Waals surface area contributed by atoms with Crippen molar-refractivity contribution in [2.75, 3.05) is 0 Å². The molecular weight excluding hydrogens is 313 g/mol. The van der Waals surface area contributed by atoms with E-state index in [4.69, 9.17) is 5.26 Å². The second-order valence-corrected chi connectivity index (χ2v) is 5.08. The highest BCUT2D eigenvalue weighted by Crippen LogP contribution is 2.32. The first-order chi connectivity index (χ1) is 6.24. The topological polar surface area (TPSA) is 23.8 Å². The Hall–Kier alpha value is -0.250. The van der Waals surface area contributed by atoms with Crippen LogP contribution in [0.4, 0.5) is 0 Å². The molecule has 1 aromatic carbocycles. The van der Waals surface area contributed by atoms with Gasteiger partial charge in [0.05, 0.1) is 5.56 Å². The number of nitriles is 1. The van der Waals surface area contributed by atoms with Crippen LogP contribution in [0.15, 0.2) is 22.4 Å². The van der Waals surface area contributed by atoms with Crippen molar-refractivity contribution in [2.45, 2.75) is 4.90 Å². The van der Waals surface area contributed by atoms with Gasteiger partial charge in [-0.05, 0) is 34.7 Å². The molecule has 0 unspecified atom stereocenters. The number of fused-ring (bicyclic) bond motifs is 1. The molecule has 0 aliphatic carbocycles. The van der Waals surface area contributed by atoms with Crippen molar-refractivity contribution in [3.63, 3.8) is 0 Å². The molecule has 1 aromatic heterocycles. The lowest BCUT2D eigenvalue weighted by Gasteiger charge is -1.97. The van der Waals surface area contributed by atoms with Crippen molar-refractivity contribution in [1.29, 1.82) is 5.26 Å². The fourth-order valence-corrected chi connectivity index (χ4v) is 3.38. The zero-order chi connectivity index (χ0) is 9.42. The van der Waals surface area contributed by atoms with Gasteiger partial charge in [-0.3, -0.25) is 0 Å². The van der Waals surface area contributed by atoms with E-state index in [9.17, 15) is 0 Å². The van der Waals surface area contributed by atoms with Gasteiger partial charge in [-0.1, -0.05) is 0 Å². The predicted molar refractivity (Wildman–Crippen MR) is 66.5 cm³/mol. The minimum Gasteiger partial charge on any atom is -0.192 e. The maximum atomic E-state index is 8.96. The van der Waals surface area contributed by atoms with E-state index in [1.165, 1.54) is 0 Å². The average molecular weight is 317 g/mol. The molecular formula is C9H4INS2. The summed E-state index contributed by atoms with van der Waals surface area (Å²) in [5.41, 5.74) is 0.687. The van der Waals surface area contributed by atoms with E-state index in [0.29, 0.717) is 5.56 Å². The van der Waals surface area contributed by atoms with Crippen molar-refractivity contribution in [3.8, 4) is 6.07 Å². The average Bonchev–Trinajstić information content (AvgIpc) is 2.49. The van der Waals surface area contributed by atoms with Crippen LogP contribution in [0.1, 0.15) is 5.56 Å². The predicted octanol–water partition coefficient (Wildman–Crippen LogP) is 3.67. The smallest absolute Gasteiger partial charge is 0.101 e. The minimum absolute atomic E-state index is 0.687. The van der Waals surface area contributed by atoms with E-state index < -0.39 is 0 Å². The molecule has 1 heterocycles. The number of benzene rings is 1. The summed E-state index contributed by atoms with van der Waals surface area (Å²) >= 11 is 8.16. The van der Waals surface area contributed by atoms with Gasteiger partial charge < -0.3 is 0 Å². The van der Waals surface area contributed by atoms with Crippen molar-refractivity contribution >= 4 is 56.6 Å². The van der Waals surface area contributed by atoms with Crippen molar-refractivity contribution in [1.82, 2.24) is 0 Å². The molecule has 0 spiro atoms. The Kier molecular flexibility index (Phi) is 2.49. The van der Waals surface area contributed by atoms with Crippen LogP contribution in [0.2, 0.25) is 0 Å². The van der Waals surface area contributed by atoms with E-state index in [-0.39, 0.29) is 0 Å². The molecule has 0 saturated heterocycles. The maximum absolute atomic E-state index is 8.96. The molecule has 0 aliphatic heterocycles. The Morgan fingerprint density at radius 2 is 2.23 bits per heavy atom. The highest BCUT2D eigenvalue weighted by molar-refractivity contribution is 14.1. The molecule has 0 N–H and O–H groups in total. The van der Waals surface area contributed by atoms with Crippen molar-refractivity contribution in [2.24, 2.45) is 0 Å². The Labute approximate surface area is 98.9 Å². The molecule has 0 radical (unpaired) electrons. The molecule has 2 rings (SSSR count). The van der Waals surface area contributed by atoms with Crippen molar-refractivity contribution in [3.05, 3.63) is 26.6 Å². The molecule has 0 atom stereocenters. The first kappa shape index (κ1) is 9.31. The number of rotatable bonds is 0. The highest BCUT2D eigenvalue weighted by atomic mass is 127. The highest BCUT2D eigenvalue weighted by Gasteiger charge is 2.09. The van der Waals surface area contributed by atoms with Gasteiger partial charge in [0.15, 0.2) is 0 Å². The van der Waals surface area contributed by atoms with Gasteiger partial charge in [0, 0.05) is 23.9 Å². The molecule has 1 nitrogen and oxygen atoms in total. The van der Waals surface area contributed by atoms with E-state index in [1.54, 1.807) is 11.3 Å². The zero-order valence-corrected chi connectivity index (χ0v) is 10.3. The Bertz CT molecular complexity index is 510. The third kappa shape index (κ3) is 1.45. The Morgan fingerprint density at radius 1 is 1.46 bits per heavy atom. The van der Waals surface area contributed by atoms with E-state index in [1.807, 2.05) is 12.1 Å². The normalized spacial score (nSPS) is 10.2. The van der Waals surface area contributed by atoms with Crippen LogP contribution >= 0.6 is 46.6 Å². The quantitative estimate of drug-likeness (QED) is 0.582. The van der Waals surface area contributed by atoms with Crippen LogP contribution in [-0.4, -0.2) is 0 Å². The lowest BCUT2D eigenvalue weighted by Crippen LogP contribution is -1.80. The van der Waals surface area contributed by atoms with Crippen LogP contribution in [0.3, 0.4) is 0 Å². The first-order valence-electron chi connectivity index (χ1n) is 3.53. The monoisotopic (exact) mass is 317 g/mol. The van der Waals surface area contributed by atoms with Gasteiger partial charge >= 0.3 is 0 Å². The van der Waals surface area contributed by atoms with Gasteiger partial charge in [-0.15, -0.1) is 24.0 Å². The van der Waals surface area contributed by atoms with Gasteiger partial charge in [0.25, 0.3) is 0 Å². The molecule has 0 saturated carbocycles. The number of hydrogen-bond acceptors (Lipinski definition) is 3. The molecule has 0 aliphatic rings. The molecule has 0 amide bonds. The molecule has 0 bridgehead atoms. The minimum atomic E-state index is 0.687. The van der Waals surface area contributed by atoms with Crippen LogP contribution in [0, 0.1) is 14.9 Å². The lowest BCUT2D eigenvalue weighted by atomic mass is 10.1. The third-order valence-corrected chi connectivity index (χ3v) is 4.38. The lowest BCUT2D eigenvalue weighted by molar-refractivity contribution is 1.42.